The molecule has 0 radical (unpaired) electrons. The molecule has 1 aromatic rings. The van der Waals surface area contributed by atoms with Gasteiger partial charge >= 0.3 is 0 Å². The highest BCUT2D eigenvalue weighted by Gasteiger charge is 2.47. The number of aryl methyl sites for hydroxylation is 2. The number of likely N-dealkylation sites (tertiary alicyclic amines) is 1. The molecule has 1 aromatic carbocycles. The lowest BCUT2D eigenvalue weighted by Crippen LogP contribution is -2.61. The molecule has 6 nitrogen and oxygen atoms in total. The van der Waals surface area contributed by atoms with Crippen LogP contribution in [0.25, 0.3) is 0 Å². The third kappa shape index (κ3) is 3.82. The molecular weight excluding hydrogens is 350 g/mol. The van der Waals surface area contributed by atoms with Crippen LogP contribution in [0.1, 0.15) is 29.5 Å². The number of aliphatic hydroxyl groups is 1. The van der Waals surface area contributed by atoms with Gasteiger partial charge in [-0.15, -0.1) is 0 Å². The lowest BCUT2D eigenvalue weighted by molar-refractivity contribution is -0.103. The molecule has 0 aromatic heterocycles. The van der Waals surface area contributed by atoms with Gasteiger partial charge < -0.3 is 5.11 Å². The predicted octanol–water partition coefficient (Wildman–Crippen LogP) is 1.37. The van der Waals surface area contributed by atoms with Crippen molar-refractivity contribution in [3.63, 3.8) is 0 Å². The summed E-state index contributed by atoms with van der Waals surface area (Å²) in [5, 5.41) is 11.0. The monoisotopic (exact) mass is 381 g/mol. The van der Waals surface area contributed by atoms with Gasteiger partial charge in [0.15, 0.2) is 0 Å². The van der Waals surface area contributed by atoms with Crippen molar-refractivity contribution in [2.24, 2.45) is 5.92 Å². The number of piperidine rings is 2. The molecule has 2 heterocycles. The second-order valence-corrected chi connectivity index (χ2v) is 10.2. The number of hydrogen-bond acceptors (Lipinski definition) is 4. The number of nitrogens with zero attached hydrogens (tertiary/aromatic N) is 3. The number of hydrogen-bond donors (Lipinski definition) is 1. The van der Waals surface area contributed by atoms with Crippen molar-refractivity contribution in [1.82, 2.24) is 13.5 Å². The molecule has 1 N–H and O–H groups in total. The van der Waals surface area contributed by atoms with E-state index in [9.17, 15) is 13.5 Å². The normalized spacial score (nSPS) is 28.3. The lowest BCUT2D eigenvalue weighted by atomic mass is 9.76. The summed E-state index contributed by atoms with van der Waals surface area (Å²) < 4.78 is 27.7. The molecule has 0 unspecified atom stereocenters. The summed E-state index contributed by atoms with van der Waals surface area (Å²) in [4.78, 5) is 2.34. The SMILES string of the molecule is Cc1ccc(CN2CC[C@]3(O)CCN(S(=O)(=O)N(C)C)C[C@@H]3C2)cc1C. The van der Waals surface area contributed by atoms with Crippen LogP contribution in [0.4, 0.5) is 0 Å². The topological polar surface area (TPSA) is 64.1 Å². The molecule has 7 heteroatoms. The molecule has 3 rings (SSSR count). The van der Waals surface area contributed by atoms with E-state index in [1.807, 2.05) is 0 Å². The lowest BCUT2D eigenvalue weighted by Gasteiger charge is -2.50. The van der Waals surface area contributed by atoms with E-state index < -0.39 is 15.8 Å². The standard InChI is InChI=1S/C19H31N3O3S/c1-15-5-6-17(11-16(15)2)12-21-9-7-19(23)8-10-22(14-18(19)13-21)26(24,25)20(3)4/h5-6,11,18,23H,7-10,12-14H2,1-4H3/t18-,19-/m0/s1. The summed E-state index contributed by atoms with van der Waals surface area (Å²) >= 11 is 0. The number of benzene rings is 1. The van der Waals surface area contributed by atoms with Crippen molar-refractivity contribution in [3.8, 4) is 0 Å². The zero-order valence-electron chi connectivity index (χ0n) is 16.3. The summed E-state index contributed by atoms with van der Waals surface area (Å²) in [6.45, 7) is 7.43. The van der Waals surface area contributed by atoms with Crippen LogP contribution in [0.2, 0.25) is 0 Å². The minimum Gasteiger partial charge on any atom is -0.389 e. The second-order valence-electron chi connectivity index (χ2n) is 8.10. The largest absolute Gasteiger partial charge is 0.389 e. The van der Waals surface area contributed by atoms with Gasteiger partial charge in [0, 0.05) is 52.7 Å². The van der Waals surface area contributed by atoms with E-state index in [0.717, 1.165) is 19.6 Å². The fraction of sp³-hybridized carbons (Fsp3) is 0.684. The maximum Gasteiger partial charge on any atom is 0.281 e. The van der Waals surface area contributed by atoms with E-state index >= 15 is 0 Å². The summed E-state index contributed by atoms with van der Waals surface area (Å²) in [5.74, 6) is -0.0497. The van der Waals surface area contributed by atoms with Gasteiger partial charge in [-0.3, -0.25) is 4.90 Å². The average molecular weight is 382 g/mol. The third-order valence-corrected chi connectivity index (χ3v) is 7.99. The van der Waals surface area contributed by atoms with Crippen molar-refractivity contribution in [3.05, 3.63) is 34.9 Å². The first-order chi connectivity index (χ1) is 12.1. The molecule has 2 aliphatic rings. The Hall–Kier alpha value is -0.990. The number of rotatable bonds is 4. The quantitative estimate of drug-likeness (QED) is 0.856. The zero-order valence-corrected chi connectivity index (χ0v) is 17.1. The third-order valence-electron chi connectivity index (χ3n) is 6.08. The molecule has 2 aliphatic heterocycles. The van der Waals surface area contributed by atoms with Gasteiger partial charge in [0.25, 0.3) is 10.2 Å². The predicted molar refractivity (Wildman–Crippen MR) is 103 cm³/mol. The highest BCUT2D eigenvalue weighted by molar-refractivity contribution is 7.86. The molecule has 0 aliphatic carbocycles. The van der Waals surface area contributed by atoms with Crippen LogP contribution in [-0.2, 0) is 16.8 Å². The van der Waals surface area contributed by atoms with Gasteiger partial charge in [-0.2, -0.15) is 17.0 Å². The maximum atomic E-state index is 12.5. The highest BCUT2D eigenvalue weighted by atomic mass is 32.2. The van der Waals surface area contributed by atoms with E-state index in [0.29, 0.717) is 25.9 Å². The van der Waals surface area contributed by atoms with Crippen molar-refractivity contribution in [2.75, 3.05) is 40.3 Å². The van der Waals surface area contributed by atoms with Crippen LogP contribution in [0.3, 0.4) is 0 Å². The molecule has 0 amide bonds. The Balaban J connectivity index is 1.71. The first-order valence-electron chi connectivity index (χ1n) is 9.30. The Kier molecular flexibility index (Phi) is 5.48. The maximum absolute atomic E-state index is 12.5. The van der Waals surface area contributed by atoms with Gasteiger partial charge in [0.2, 0.25) is 0 Å². The summed E-state index contributed by atoms with van der Waals surface area (Å²) in [6.07, 6.45) is 1.22. The van der Waals surface area contributed by atoms with E-state index in [4.69, 9.17) is 0 Å². The Bertz CT molecular complexity index is 765. The van der Waals surface area contributed by atoms with Gasteiger partial charge in [0.05, 0.1) is 5.60 Å². The van der Waals surface area contributed by atoms with Crippen LogP contribution >= 0.6 is 0 Å². The van der Waals surface area contributed by atoms with E-state index in [1.165, 1.54) is 25.3 Å². The van der Waals surface area contributed by atoms with Crippen LogP contribution in [-0.4, -0.2) is 72.9 Å². The van der Waals surface area contributed by atoms with E-state index in [1.54, 1.807) is 14.1 Å². The van der Waals surface area contributed by atoms with Crippen molar-refractivity contribution in [2.45, 2.75) is 38.8 Å². The van der Waals surface area contributed by atoms with E-state index in [2.05, 4.69) is 36.9 Å². The van der Waals surface area contributed by atoms with Crippen LogP contribution in [0, 0.1) is 19.8 Å². The molecule has 2 atom stereocenters. The molecule has 146 valence electrons. The molecule has 0 saturated carbocycles. The Morgan fingerprint density at radius 2 is 1.85 bits per heavy atom. The molecule has 0 spiro atoms. The summed E-state index contributed by atoms with van der Waals surface area (Å²) in [5.41, 5.74) is 3.11. The first kappa shape index (κ1) is 19.8. The Morgan fingerprint density at radius 1 is 1.15 bits per heavy atom. The zero-order chi connectivity index (χ0) is 19.1. The molecule has 2 saturated heterocycles. The van der Waals surface area contributed by atoms with Crippen molar-refractivity contribution < 1.29 is 13.5 Å². The first-order valence-corrected chi connectivity index (χ1v) is 10.7. The van der Waals surface area contributed by atoms with Crippen LogP contribution in [0.15, 0.2) is 18.2 Å². The van der Waals surface area contributed by atoms with E-state index in [-0.39, 0.29) is 5.92 Å². The fourth-order valence-electron chi connectivity index (χ4n) is 4.09. The average Bonchev–Trinajstić information content (AvgIpc) is 2.58. The highest BCUT2D eigenvalue weighted by Crippen LogP contribution is 2.37. The van der Waals surface area contributed by atoms with Gasteiger partial charge in [-0.25, -0.2) is 0 Å². The minimum absolute atomic E-state index is 0.0497. The summed E-state index contributed by atoms with van der Waals surface area (Å²) in [6, 6.07) is 6.53. The van der Waals surface area contributed by atoms with Gasteiger partial charge in [-0.1, -0.05) is 18.2 Å². The minimum atomic E-state index is -3.43. The Morgan fingerprint density at radius 3 is 2.50 bits per heavy atom. The van der Waals surface area contributed by atoms with Crippen LogP contribution in [0.5, 0.6) is 0 Å². The smallest absolute Gasteiger partial charge is 0.281 e. The summed E-state index contributed by atoms with van der Waals surface area (Å²) in [7, 11) is -0.310. The molecule has 0 bridgehead atoms. The Labute approximate surface area is 157 Å². The van der Waals surface area contributed by atoms with Crippen molar-refractivity contribution >= 4 is 10.2 Å². The van der Waals surface area contributed by atoms with Gasteiger partial charge in [-0.05, 0) is 43.4 Å². The molecule has 2 fully saturated rings. The molecule has 26 heavy (non-hydrogen) atoms. The molecular formula is C19H31N3O3S. The van der Waals surface area contributed by atoms with Crippen LogP contribution < -0.4 is 0 Å². The van der Waals surface area contributed by atoms with Crippen molar-refractivity contribution in [1.29, 1.82) is 0 Å². The number of fused-ring (bicyclic) bond motifs is 1. The van der Waals surface area contributed by atoms with Gasteiger partial charge in [0.1, 0.15) is 0 Å². The fourth-order valence-corrected chi connectivity index (χ4v) is 5.24. The second kappa shape index (κ2) is 7.20.